The van der Waals surface area contributed by atoms with Gasteiger partial charge in [0.1, 0.15) is 11.4 Å². The van der Waals surface area contributed by atoms with Crippen molar-refractivity contribution in [2.75, 3.05) is 7.11 Å². The molecule has 0 N–H and O–H groups in total. The van der Waals surface area contributed by atoms with Crippen LogP contribution in [0.25, 0.3) is 11.0 Å². The number of ether oxygens (including phenoxy) is 1. The molecule has 0 spiro atoms. The first-order valence-corrected chi connectivity index (χ1v) is 9.56. The molecule has 0 fully saturated rings. The van der Waals surface area contributed by atoms with E-state index in [4.69, 9.17) is 16.3 Å². The second-order valence-corrected chi connectivity index (χ2v) is 7.46. The molecule has 0 atom stereocenters. The maximum atomic E-state index is 12.8. The minimum absolute atomic E-state index is 0.207. The van der Waals surface area contributed by atoms with Gasteiger partial charge in [-0.05, 0) is 29.8 Å². The van der Waals surface area contributed by atoms with E-state index in [1.807, 2.05) is 36.4 Å². The summed E-state index contributed by atoms with van der Waals surface area (Å²) in [6.45, 7) is 0. The summed E-state index contributed by atoms with van der Waals surface area (Å²) in [6, 6.07) is 14.5. The Hall–Kier alpha value is -3.03. The summed E-state index contributed by atoms with van der Waals surface area (Å²) in [7, 11) is 1.57. The molecule has 0 radical (unpaired) electrons. The molecular formula is C20H14ClN3O3S. The summed E-state index contributed by atoms with van der Waals surface area (Å²) in [5, 5.41) is 4.86. The molecule has 0 aliphatic rings. The van der Waals surface area contributed by atoms with E-state index in [0.29, 0.717) is 15.3 Å². The lowest BCUT2D eigenvalue weighted by Gasteiger charge is -2.02. The van der Waals surface area contributed by atoms with Crippen molar-refractivity contribution in [3.8, 4) is 5.75 Å². The smallest absolute Gasteiger partial charge is 0.296 e. The van der Waals surface area contributed by atoms with Gasteiger partial charge in [0.25, 0.3) is 11.1 Å². The summed E-state index contributed by atoms with van der Waals surface area (Å²) in [5.74, 6) is 0.651. The van der Waals surface area contributed by atoms with Crippen LogP contribution in [0.15, 0.2) is 58.1 Å². The molecule has 4 aromatic rings. The summed E-state index contributed by atoms with van der Waals surface area (Å²) in [4.78, 5) is 29.4. The summed E-state index contributed by atoms with van der Waals surface area (Å²) >= 11 is 7.01. The van der Waals surface area contributed by atoms with Crippen LogP contribution in [0.1, 0.15) is 16.8 Å². The van der Waals surface area contributed by atoms with Crippen LogP contribution < -0.4 is 20.4 Å². The van der Waals surface area contributed by atoms with Gasteiger partial charge in [0, 0.05) is 17.0 Å². The SMILES string of the molecule is COc1ccccc1C=c1sc2nc(=O)c(Cc3ccc(Cl)cc3)nn2c1=O. The van der Waals surface area contributed by atoms with E-state index in [1.165, 1.54) is 4.52 Å². The van der Waals surface area contributed by atoms with Gasteiger partial charge in [-0.1, -0.05) is 53.3 Å². The van der Waals surface area contributed by atoms with Crippen LogP contribution in [0.2, 0.25) is 5.02 Å². The van der Waals surface area contributed by atoms with Crippen LogP contribution in [0, 0.1) is 0 Å². The third-order valence-corrected chi connectivity index (χ3v) is 5.37. The number of methoxy groups -OCH3 is 1. The highest BCUT2D eigenvalue weighted by atomic mass is 35.5. The second kappa shape index (κ2) is 7.53. The van der Waals surface area contributed by atoms with E-state index in [1.54, 1.807) is 25.3 Å². The van der Waals surface area contributed by atoms with Crippen LogP contribution in [0.5, 0.6) is 5.75 Å². The number of benzene rings is 2. The largest absolute Gasteiger partial charge is 0.496 e. The predicted octanol–water partition coefficient (Wildman–Crippen LogP) is 2.31. The van der Waals surface area contributed by atoms with Gasteiger partial charge in [-0.25, -0.2) is 0 Å². The van der Waals surface area contributed by atoms with Crippen molar-refractivity contribution in [2.45, 2.75) is 6.42 Å². The lowest BCUT2D eigenvalue weighted by molar-refractivity contribution is 0.414. The molecule has 140 valence electrons. The molecule has 6 nitrogen and oxygen atoms in total. The minimum Gasteiger partial charge on any atom is -0.496 e. The van der Waals surface area contributed by atoms with Crippen molar-refractivity contribution >= 4 is 34.0 Å². The Balaban J connectivity index is 1.81. The Labute approximate surface area is 168 Å². The predicted molar refractivity (Wildman–Crippen MR) is 109 cm³/mol. The molecule has 0 aliphatic heterocycles. The minimum atomic E-state index is -0.444. The highest BCUT2D eigenvalue weighted by molar-refractivity contribution is 7.15. The van der Waals surface area contributed by atoms with Crippen LogP contribution in [-0.2, 0) is 6.42 Å². The fraction of sp³-hybridized carbons (Fsp3) is 0.100. The molecule has 0 aliphatic carbocycles. The number of nitrogens with zero attached hydrogens (tertiary/aromatic N) is 3. The van der Waals surface area contributed by atoms with Gasteiger partial charge < -0.3 is 4.74 Å². The number of fused-ring (bicyclic) bond motifs is 1. The number of hydrogen-bond acceptors (Lipinski definition) is 6. The van der Waals surface area contributed by atoms with Gasteiger partial charge in [-0.3, -0.25) is 9.59 Å². The third-order valence-electron chi connectivity index (χ3n) is 4.16. The molecular weight excluding hydrogens is 398 g/mol. The van der Waals surface area contributed by atoms with Crippen LogP contribution in [0.3, 0.4) is 0 Å². The zero-order valence-electron chi connectivity index (χ0n) is 14.8. The quantitative estimate of drug-likeness (QED) is 0.515. The van der Waals surface area contributed by atoms with Gasteiger partial charge in [-0.15, -0.1) is 0 Å². The van der Waals surface area contributed by atoms with Gasteiger partial charge in [0.15, 0.2) is 0 Å². The first-order chi connectivity index (χ1) is 13.5. The Morgan fingerprint density at radius 3 is 2.64 bits per heavy atom. The first-order valence-electron chi connectivity index (χ1n) is 8.37. The molecule has 0 saturated heterocycles. The van der Waals surface area contributed by atoms with Gasteiger partial charge >= 0.3 is 0 Å². The average molecular weight is 412 g/mol. The van der Waals surface area contributed by atoms with Crippen molar-refractivity contribution in [3.05, 3.63) is 95.6 Å². The maximum Gasteiger partial charge on any atom is 0.296 e. The number of thiazole rings is 1. The molecule has 0 saturated carbocycles. The molecule has 28 heavy (non-hydrogen) atoms. The number of rotatable bonds is 4. The van der Waals surface area contributed by atoms with E-state index in [9.17, 15) is 9.59 Å². The molecule has 0 amide bonds. The molecule has 8 heteroatoms. The van der Waals surface area contributed by atoms with Gasteiger partial charge in [-0.2, -0.15) is 14.6 Å². The van der Waals surface area contributed by atoms with Gasteiger partial charge in [0.05, 0.1) is 11.6 Å². The van der Waals surface area contributed by atoms with Crippen molar-refractivity contribution < 1.29 is 4.74 Å². The van der Waals surface area contributed by atoms with Gasteiger partial charge in [0.2, 0.25) is 4.96 Å². The topological polar surface area (TPSA) is 73.6 Å². The zero-order chi connectivity index (χ0) is 19.7. The third kappa shape index (κ3) is 3.54. The highest BCUT2D eigenvalue weighted by Crippen LogP contribution is 2.17. The number of aromatic nitrogens is 3. The van der Waals surface area contributed by atoms with Crippen molar-refractivity contribution in [2.24, 2.45) is 0 Å². The van der Waals surface area contributed by atoms with E-state index in [2.05, 4.69) is 10.1 Å². The average Bonchev–Trinajstić information content (AvgIpc) is 2.99. The molecule has 2 heterocycles. The Kier molecular flexibility index (Phi) is 4.93. The van der Waals surface area contributed by atoms with E-state index >= 15 is 0 Å². The normalized spacial score (nSPS) is 11.9. The fourth-order valence-electron chi connectivity index (χ4n) is 2.77. The standard InChI is InChI=1S/C20H14ClN3O3S/c1-27-16-5-3-2-4-13(16)11-17-19(26)24-20(28-17)22-18(25)15(23-24)10-12-6-8-14(21)9-7-12/h2-9,11H,10H2,1H3. The van der Waals surface area contributed by atoms with E-state index in [0.717, 1.165) is 22.5 Å². The van der Waals surface area contributed by atoms with Crippen LogP contribution in [-0.4, -0.2) is 21.7 Å². The molecule has 2 aromatic heterocycles. The Morgan fingerprint density at radius 2 is 1.89 bits per heavy atom. The lowest BCUT2D eigenvalue weighted by atomic mass is 10.1. The van der Waals surface area contributed by atoms with Crippen LogP contribution >= 0.6 is 22.9 Å². The second-order valence-electron chi connectivity index (χ2n) is 6.02. The Bertz CT molecular complexity index is 1330. The lowest BCUT2D eigenvalue weighted by Crippen LogP contribution is -2.28. The Morgan fingerprint density at radius 1 is 1.14 bits per heavy atom. The van der Waals surface area contributed by atoms with E-state index in [-0.39, 0.29) is 22.6 Å². The maximum absolute atomic E-state index is 12.8. The molecule has 4 rings (SSSR count). The number of halogens is 1. The number of hydrogen-bond donors (Lipinski definition) is 0. The van der Waals surface area contributed by atoms with Crippen molar-refractivity contribution in [3.63, 3.8) is 0 Å². The summed E-state index contributed by atoms with van der Waals surface area (Å²) in [6.07, 6.45) is 1.98. The number of para-hydroxylation sites is 1. The summed E-state index contributed by atoms with van der Waals surface area (Å²) in [5.41, 5.74) is 1.06. The zero-order valence-corrected chi connectivity index (χ0v) is 16.3. The monoisotopic (exact) mass is 411 g/mol. The summed E-state index contributed by atoms with van der Waals surface area (Å²) < 4.78 is 6.92. The van der Waals surface area contributed by atoms with E-state index < -0.39 is 5.56 Å². The highest BCUT2D eigenvalue weighted by Gasteiger charge is 2.12. The molecule has 0 bridgehead atoms. The molecule has 2 aromatic carbocycles. The molecule has 0 unspecified atom stereocenters. The van der Waals surface area contributed by atoms with Crippen molar-refractivity contribution in [1.29, 1.82) is 0 Å². The fourth-order valence-corrected chi connectivity index (χ4v) is 3.80. The first kappa shape index (κ1) is 18.3. The van der Waals surface area contributed by atoms with Crippen molar-refractivity contribution in [1.82, 2.24) is 14.6 Å². The van der Waals surface area contributed by atoms with Crippen LogP contribution in [0.4, 0.5) is 0 Å².